The van der Waals surface area contributed by atoms with Gasteiger partial charge in [0.1, 0.15) is 11.3 Å². The van der Waals surface area contributed by atoms with Crippen LogP contribution in [-0.4, -0.2) is 36.7 Å². The maximum Gasteiger partial charge on any atom is 0.290 e. The van der Waals surface area contributed by atoms with Crippen molar-refractivity contribution in [3.05, 3.63) is 97.8 Å². The van der Waals surface area contributed by atoms with Gasteiger partial charge in [0.15, 0.2) is 16.9 Å². The Hall–Kier alpha value is -3.78. The molecule has 0 fully saturated rings. The predicted octanol–water partition coefficient (Wildman–Crippen LogP) is 5.07. The number of fused-ring (bicyclic) bond motifs is 2. The summed E-state index contributed by atoms with van der Waals surface area (Å²) in [5, 5.41) is 10.7. The molecule has 0 spiro atoms. The van der Waals surface area contributed by atoms with Gasteiger partial charge in [0.2, 0.25) is 5.76 Å². The molecule has 1 atom stereocenters. The van der Waals surface area contributed by atoms with E-state index in [1.165, 1.54) is 7.11 Å². The molecule has 1 aliphatic rings. The summed E-state index contributed by atoms with van der Waals surface area (Å²) in [6, 6.07) is 17.1. The number of carbonyl (C=O) groups is 1. The smallest absolute Gasteiger partial charge is 0.290 e. The molecule has 0 unspecified atom stereocenters. The zero-order chi connectivity index (χ0) is 24.7. The number of methoxy groups -OCH3 is 2. The van der Waals surface area contributed by atoms with Crippen LogP contribution < -0.4 is 14.9 Å². The van der Waals surface area contributed by atoms with Crippen LogP contribution in [0.4, 0.5) is 0 Å². The Balaban J connectivity index is 1.64. The normalized spacial score (nSPS) is 14.9. The average Bonchev–Trinajstić information content (AvgIpc) is 3.16. The average molecular weight is 536 g/mol. The number of aromatic hydroxyl groups is 1. The van der Waals surface area contributed by atoms with Crippen molar-refractivity contribution in [2.24, 2.45) is 0 Å². The van der Waals surface area contributed by atoms with Crippen LogP contribution >= 0.6 is 15.9 Å². The first kappa shape index (κ1) is 23.0. The zero-order valence-electron chi connectivity index (χ0n) is 19.1. The number of rotatable bonds is 6. The molecule has 178 valence electrons. The Kier molecular flexibility index (Phi) is 5.98. The van der Waals surface area contributed by atoms with Crippen molar-refractivity contribution >= 4 is 32.8 Å². The zero-order valence-corrected chi connectivity index (χ0v) is 20.7. The van der Waals surface area contributed by atoms with Crippen LogP contribution in [-0.2, 0) is 6.42 Å². The summed E-state index contributed by atoms with van der Waals surface area (Å²) in [5.41, 5.74) is 2.03. The maximum atomic E-state index is 13.6. The predicted molar refractivity (Wildman–Crippen MR) is 134 cm³/mol. The standard InChI is InChI=1S/C27H22BrNO6/c1-33-17-9-7-15(8-10-17)11-12-29-23(16-13-19(28)25(31)21(14-16)34-2)22-24(30)18-5-3-4-6-20(18)35-26(22)27(29)32/h3-10,13-14,23,31H,11-12H2,1-2H3/t23-/m0/s1. The van der Waals surface area contributed by atoms with Crippen LogP contribution in [0.3, 0.4) is 0 Å². The number of ether oxygens (including phenoxy) is 2. The quantitative estimate of drug-likeness (QED) is 0.371. The SMILES string of the molecule is COc1ccc(CCN2C(=O)c3oc4ccccc4c(=O)c3[C@@H]2c2cc(Br)c(O)c(OC)c2)cc1. The number of halogens is 1. The molecule has 1 N–H and O–H groups in total. The Morgan fingerprint density at radius 2 is 1.77 bits per heavy atom. The van der Waals surface area contributed by atoms with Gasteiger partial charge in [-0.15, -0.1) is 0 Å². The lowest BCUT2D eigenvalue weighted by atomic mass is 9.97. The van der Waals surface area contributed by atoms with Gasteiger partial charge in [0.05, 0.1) is 35.7 Å². The summed E-state index contributed by atoms with van der Waals surface area (Å²) in [4.78, 5) is 28.8. The van der Waals surface area contributed by atoms with Crippen LogP contribution in [0.5, 0.6) is 17.2 Å². The summed E-state index contributed by atoms with van der Waals surface area (Å²) < 4.78 is 16.9. The van der Waals surface area contributed by atoms with E-state index in [2.05, 4.69) is 15.9 Å². The number of para-hydroxylation sites is 1. The fourth-order valence-corrected chi connectivity index (χ4v) is 4.95. The minimum Gasteiger partial charge on any atom is -0.503 e. The number of benzene rings is 3. The topological polar surface area (TPSA) is 89.2 Å². The fourth-order valence-electron chi connectivity index (χ4n) is 4.49. The molecule has 8 heteroatoms. The van der Waals surface area contributed by atoms with Crippen LogP contribution in [0.1, 0.15) is 33.3 Å². The van der Waals surface area contributed by atoms with Crippen LogP contribution in [0.15, 0.2) is 74.3 Å². The summed E-state index contributed by atoms with van der Waals surface area (Å²) in [6.07, 6.45) is 0.560. The van der Waals surface area contributed by atoms with E-state index in [-0.39, 0.29) is 34.2 Å². The van der Waals surface area contributed by atoms with E-state index in [1.807, 2.05) is 24.3 Å². The van der Waals surface area contributed by atoms with Crippen molar-refractivity contribution in [1.82, 2.24) is 4.90 Å². The highest BCUT2D eigenvalue weighted by atomic mass is 79.9. The van der Waals surface area contributed by atoms with Gasteiger partial charge in [0.25, 0.3) is 5.91 Å². The second-order valence-electron chi connectivity index (χ2n) is 8.22. The van der Waals surface area contributed by atoms with E-state index >= 15 is 0 Å². The summed E-state index contributed by atoms with van der Waals surface area (Å²) >= 11 is 3.36. The van der Waals surface area contributed by atoms with Gasteiger partial charge in [-0.3, -0.25) is 9.59 Å². The van der Waals surface area contributed by atoms with E-state index in [1.54, 1.807) is 48.4 Å². The molecule has 5 rings (SSSR count). The minimum atomic E-state index is -0.706. The van der Waals surface area contributed by atoms with E-state index < -0.39 is 6.04 Å². The number of hydrogen-bond acceptors (Lipinski definition) is 6. The molecule has 0 saturated carbocycles. The molecule has 1 amide bonds. The van der Waals surface area contributed by atoms with E-state index in [0.717, 1.165) is 11.3 Å². The first-order valence-corrected chi connectivity index (χ1v) is 11.8. The number of phenolic OH excluding ortho intramolecular Hbond substituents is 1. The molecule has 1 aliphatic heterocycles. The maximum absolute atomic E-state index is 13.6. The van der Waals surface area contributed by atoms with Crippen molar-refractivity contribution in [1.29, 1.82) is 0 Å². The van der Waals surface area contributed by atoms with Crippen LogP contribution in [0.2, 0.25) is 0 Å². The molecule has 0 saturated heterocycles. The fraction of sp³-hybridized carbons (Fsp3) is 0.185. The molecule has 7 nitrogen and oxygen atoms in total. The monoisotopic (exact) mass is 535 g/mol. The number of nitrogens with zero attached hydrogens (tertiary/aromatic N) is 1. The molecule has 4 aromatic rings. The third-order valence-corrected chi connectivity index (χ3v) is 6.86. The molecule has 2 heterocycles. The minimum absolute atomic E-state index is 0.0385. The summed E-state index contributed by atoms with van der Waals surface area (Å²) in [6.45, 7) is 0.344. The van der Waals surface area contributed by atoms with Crippen molar-refractivity contribution in [2.45, 2.75) is 12.5 Å². The molecule has 0 radical (unpaired) electrons. The first-order valence-electron chi connectivity index (χ1n) is 11.0. The molecule has 3 aromatic carbocycles. The second-order valence-corrected chi connectivity index (χ2v) is 9.08. The van der Waals surface area contributed by atoms with Crippen molar-refractivity contribution in [3.8, 4) is 17.2 Å². The number of carbonyl (C=O) groups excluding carboxylic acids is 1. The first-order chi connectivity index (χ1) is 16.9. The number of phenols is 1. The molecule has 0 aliphatic carbocycles. The summed E-state index contributed by atoms with van der Waals surface area (Å²) in [7, 11) is 3.06. The van der Waals surface area contributed by atoms with Gasteiger partial charge in [-0.25, -0.2) is 0 Å². The Morgan fingerprint density at radius 1 is 1.03 bits per heavy atom. The largest absolute Gasteiger partial charge is 0.503 e. The van der Waals surface area contributed by atoms with Gasteiger partial charge < -0.3 is 23.9 Å². The second kappa shape index (κ2) is 9.11. The third-order valence-electron chi connectivity index (χ3n) is 6.26. The van der Waals surface area contributed by atoms with E-state index in [9.17, 15) is 14.7 Å². The lowest BCUT2D eigenvalue weighted by Crippen LogP contribution is -2.31. The van der Waals surface area contributed by atoms with Gasteiger partial charge >= 0.3 is 0 Å². The highest BCUT2D eigenvalue weighted by Gasteiger charge is 2.43. The highest BCUT2D eigenvalue weighted by Crippen LogP contribution is 2.43. The summed E-state index contributed by atoms with van der Waals surface area (Å²) in [5.74, 6) is 0.603. The van der Waals surface area contributed by atoms with E-state index in [4.69, 9.17) is 13.9 Å². The van der Waals surface area contributed by atoms with Gasteiger partial charge in [-0.05, 0) is 69.9 Å². The Labute approximate surface area is 209 Å². The third kappa shape index (κ3) is 3.93. The molecular formula is C27H22BrNO6. The molecular weight excluding hydrogens is 514 g/mol. The number of hydrogen-bond donors (Lipinski definition) is 1. The lowest BCUT2D eigenvalue weighted by Gasteiger charge is -2.26. The lowest BCUT2D eigenvalue weighted by molar-refractivity contribution is 0.0730. The molecule has 0 bridgehead atoms. The molecule has 35 heavy (non-hydrogen) atoms. The Morgan fingerprint density at radius 3 is 2.49 bits per heavy atom. The Bertz CT molecular complexity index is 1490. The highest BCUT2D eigenvalue weighted by molar-refractivity contribution is 9.10. The molecule has 1 aromatic heterocycles. The van der Waals surface area contributed by atoms with E-state index in [0.29, 0.717) is 34.0 Å². The van der Waals surface area contributed by atoms with Gasteiger partial charge in [-0.2, -0.15) is 0 Å². The van der Waals surface area contributed by atoms with Crippen LogP contribution in [0.25, 0.3) is 11.0 Å². The van der Waals surface area contributed by atoms with Crippen molar-refractivity contribution in [2.75, 3.05) is 20.8 Å². The van der Waals surface area contributed by atoms with Crippen molar-refractivity contribution in [3.63, 3.8) is 0 Å². The van der Waals surface area contributed by atoms with Gasteiger partial charge in [0, 0.05) is 6.54 Å². The van der Waals surface area contributed by atoms with Gasteiger partial charge in [-0.1, -0.05) is 24.3 Å². The van der Waals surface area contributed by atoms with Crippen LogP contribution in [0, 0.1) is 0 Å². The number of amides is 1. The van der Waals surface area contributed by atoms with Crippen molar-refractivity contribution < 1.29 is 23.8 Å².